The molecular weight excluding hydrogens is 525 g/mol. The average Bonchev–Trinajstić information content (AvgIpc) is 3.19. The van der Waals surface area contributed by atoms with Crippen LogP contribution in [0.1, 0.15) is 25.4 Å². The number of anilines is 1. The Kier molecular flexibility index (Phi) is 12.1. The van der Waals surface area contributed by atoms with Gasteiger partial charge in [-0.05, 0) is 30.3 Å². The molecule has 198 valence electrons. The second kappa shape index (κ2) is 14.5. The summed E-state index contributed by atoms with van der Waals surface area (Å²) in [6.07, 6.45) is 0.0869. The first-order valence-electron chi connectivity index (χ1n) is 11.8. The maximum Gasteiger partial charge on any atom is 0.348 e. The molecule has 1 unspecified atom stereocenters. The number of hydrogen-bond acceptors (Lipinski definition) is 6. The number of aryl methyl sites for hydroxylation is 1. The minimum atomic E-state index is -0.958. The minimum absolute atomic E-state index is 0. The molecule has 2 heterocycles. The summed E-state index contributed by atoms with van der Waals surface area (Å²) in [5, 5.41) is 15.9. The monoisotopic (exact) mass is 557 g/mol. The summed E-state index contributed by atoms with van der Waals surface area (Å²) in [6.45, 7) is 6.96. The zero-order chi connectivity index (χ0) is 23.9. The van der Waals surface area contributed by atoms with Crippen LogP contribution in [0.15, 0.2) is 59.4 Å². The van der Waals surface area contributed by atoms with Crippen molar-refractivity contribution in [2.24, 2.45) is 0 Å². The van der Waals surface area contributed by atoms with E-state index in [4.69, 9.17) is 16.3 Å². The summed E-state index contributed by atoms with van der Waals surface area (Å²) in [7, 11) is 0. The van der Waals surface area contributed by atoms with Crippen LogP contribution >= 0.6 is 36.4 Å². The van der Waals surface area contributed by atoms with Crippen LogP contribution in [0, 0.1) is 0 Å². The fraction of sp³-hybridized carbons (Fsp3) is 0.440. The van der Waals surface area contributed by atoms with Gasteiger partial charge in [0, 0.05) is 56.3 Å². The summed E-state index contributed by atoms with van der Waals surface area (Å²) >= 11 is 6.12. The summed E-state index contributed by atoms with van der Waals surface area (Å²) in [5.41, 5.74) is 0.833. The number of nitrogens with zero attached hydrogens (tertiary/aromatic N) is 5. The molecule has 1 fully saturated rings. The highest BCUT2D eigenvalue weighted by Crippen LogP contribution is 2.21. The van der Waals surface area contributed by atoms with E-state index in [-0.39, 0.29) is 30.5 Å². The van der Waals surface area contributed by atoms with Crippen LogP contribution in [0.3, 0.4) is 0 Å². The number of rotatable bonds is 10. The van der Waals surface area contributed by atoms with Gasteiger partial charge in [0.25, 0.3) is 0 Å². The number of halogens is 3. The highest BCUT2D eigenvalue weighted by molar-refractivity contribution is 6.30. The van der Waals surface area contributed by atoms with Crippen molar-refractivity contribution in [3.8, 4) is 5.75 Å². The van der Waals surface area contributed by atoms with Crippen molar-refractivity contribution in [1.82, 2.24) is 19.2 Å². The summed E-state index contributed by atoms with van der Waals surface area (Å²) < 4.78 is 8.54. The highest BCUT2D eigenvalue weighted by Gasteiger charge is 2.21. The fourth-order valence-corrected chi connectivity index (χ4v) is 4.41. The van der Waals surface area contributed by atoms with E-state index in [1.54, 1.807) is 4.57 Å². The lowest BCUT2D eigenvalue weighted by Gasteiger charge is -2.36. The number of aliphatic hydroxyl groups excluding tert-OH is 1. The lowest BCUT2D eigenvalue weighted by atomic mass is 10.2. The van der Waals surface area contributed by atoms with E-state index in [9.17, 15) is 9.90 Å². The predicted molar refractivity (Wildman–Crippen MR) is 148 cm³/mol. The van der Waals surface area contributed by atoms with Crippen LogP contribution in [0.5, 0.6) is 5.75 Å². The topological polar surface area (TPSA) is 75.8 Å². The van der Waals surface area contributed by atoms with Crippen LogP contribution in [0.2, 0.25) is 5.02 Å². The van der Waals surface area contributed by atoms with Crippen molar-refractivity contribution >= 4 is 42.1 Å². The van der Waals surface area contributed by atoms with Crippen molar-refractivity contribution in [2.45, 2.75) is 32.5 Å². The Morgan fingerprint density at radius 2 is 1.75 bits per heavy atom. The average molecular weight is 559 g/mol. The number of aromatic nitrogens is 3. The minimum Gasteiger partial charge on any atom is -0.492 e. The van der Waals surface area contributed by atoms with E-state index in [1.807, 2.05) is 55.5 Å². The summed E-state index contributed by atoms with van der Waals surface area (Å²) in [5.74, 6) is 1.41. The van der Waals surface area contributed by atoms with Crippen LogP contribution in [0.4, 0.5) is 5.69 Å². The van der Waals surface area contributed by atoms with Crippen LogP contribution in [0.25, 0.3) is 0 Å². The molecule has 0 amide bonds. The van der Waals surface area contributed by atoms with Crippen molar-refractivity contribution in [2.75, 3.05) is 44.2 Å². The van der Waals surface area contributed by atoms with Crippen molar-refractivity contribution in [3.05, 3.63) is 75.9 Å². The standard InChI is InChI=1S/C25H32ClN5O3.2ClH/c1-2-23-27-31(25(33)30(23)17-18-34-22-9-4-3-5-10-22)24(32)11-12-28-13-15-29(16-14-28)21-8-6-7-20(26)19-21;;/h3-10,19,24,32H,2,11-18H2,1H3;2*1H. The van der Waals surface area contributed by atoms with Gasteiger partial charge in [-0.2, -0.15) is 9.78 Å². The van der Waals surface area contributed by atoms with Gasteiger partial charge in [0.15, 0.2) is 6.23 Å². The molecule has 0 bridgehead atoms. The molecule has 11 heteroatoms. The molecule has 3 aromatic rings. The molecule has 2 aromatic carbocycles. The first kappa shape index (κ1) is 30.0. The molecule has 0 saturated carbocycles. The second-order valence-corrected chi connectivity index (χ2v) is 8.82. The number of ether oxygens (including phenoxy) is 1. The van der Waals surface area contributed by atoms with Gasteiger partial charge in [0.2, 0.25) is 0 Å². The second-order valence-electron chi connectivity index (χ2n) is 8.39. The molecule has 4 rings (SSSR count). The van der Waals surface area contributed by atoms with E-state index < -0.39 is 6.23 Å². The molecule has 1 aromatic heterocycles. The fourth-order valence-electron chi connectivity index (χ4n) is 4.23. The molecule has 36 heavy (non-hydrogen) atoms. The largest absolute Gasteiger partial charge is 0.492 e. The maximum atomic E-state index is 12.9. The van der Waals surface area contributed by atoms with E-state index in [2.05, 4.69) is 21.0 Å². The van der Waals surface area contributed by atoms with E-state index in [1.165, 1.54) is 4.68 Å². The molecule has 1 aliphatic heterocycles. The number of piperazine rings is 1. The number of benzene rings is 2. The lowest BCUT2D eigenvalue weighted by molar-refractivity contribution is 0.0628. The van der Waals surface area contributed by atoms with Gasteiger partial charge in [0.1, 0.15) is 18.2 Å². The maximum absolute atomic E-state index is 12.9. The molecule has 0 radical (unpaired) electrons. The van der Waals surface area contributed by atoms with E-state index >= 15 is 0 Å². The Bertz CT molecular complexity index is 1120. The van der Waals surface area contributed by atoms with Gasteiger partial charge in [0.05, 0.1) is 6.54 Å². The zero-order valence-corrected chi connectivity index (χ0v) is 22.7. The zero-order valence-electron chi connectivity index (χ0n) is 20.3. The smallest absolute Gasteiger partial charge is 0.348 e. The van der Waals surface area contributed by atoms with Gasteiger partial charge in [-0.15, -0.1) is 24.8 Å². The highest BCUT2D eigenvalue weighted by atomic mass is 35.5. The Morgan fingerprint density at radius 3 is 2.42 bits per heavy atom. The molecule has 1 aliphatic rings. The first-order chi connectivity index (χ1) is 16.5. The molecule has 1 atom stereocenters. The van der Waals surface area contributed by atoms with Gasteiger partial charge in [-0.1, -0.05) is 42.8 Å². The number of hydrogen-bond donors (Lipinski definition) is 1. The number of aliphatic hydroxyl groups is 1. The van der Waals surface area contributed by atoms with Crippen LogP contribution in [-0.2, 0) is 13.0 Å². The third kappa shape index (κ3) is 7.63. The van der Waals surface area contributed by atoms with Crippen LogP contribution < -0.4 is 15.3 Å². The molecule has 0 spiro atoms. The van der Waals surface area contributed by atoms with Crippen LogP contribution in [-0.4, -0.2) is 63.7 Å². The van der Waals surface area contributed by atoms with Crippen molar-refractivity contribution in [3.63, 3.8) is 0 Å². The Balaban J connectivity index is 0.00000228. The first-order valence-corrected chi connectivity index (χ1v) is 12.2. The summed E-state index contributed by atoms with van der Waals surface area (Å²) in [4.78, 5) is 17.5. The third-order valence-corrected chi connectivity index (χ3v) is 6.37. The van der Waals surface area contributed by atoms with Gasteiger partial charge in [-0.25, -0.2) is 4.79 Å². The Morgan fingerprint density at radius 1 is 1.03 bits per heavy atom. The van der Waals surface area contributed by atoms with Gasteiger partial charge < -0.3 is 14.7 Å². The molecule has 1 N–H and O–H groups in total. The predicted octanol–water partition coefficient (Wildman–Crippen LogP) is 3.89. The molecule has 8 nitrogen and oxygen atoms in total. The van der Waals surface area contributed by atoms with Gasteiger partial charge in [-0.3, -0.25) is 9.47 Å². The SMILES string of the molecule is CCc1nn(C(O)CCN2CCN(c3cccc(Cl)c3)CC2)c(=O)n1CCOc1ccccc1.Cl.Cl. The lowest BCUT2D eigenvalue weighted by Crippen LogP contribution is -2.47. The van der Waals surface area contributed by atoms with E-state index in [0.717, 1.165) is 42.6 Å². The summed E-state index contributed by atoms with van der Waals surface area (Å²) in [6, 6.07) is 17.4. The molecule has 0 aliphatic carbocycles. The Hall–Kier alpha value is -2.23. The number of para-hydroxylation sites is 1. The normalized spacial score (nSPS) is 14.6. The quantitative estimate of drug-likeness (QED) is 0.407. The van der Waals surface area contributed by atoms with Gasteiger partial charge >= 0.3 is 5.69 Å². The van der Waals surface area contributed by atoms with Crippen molar-refractivity contribution in [1.29, 1.82) is 0 Å². The molecular formula is C25H34Cl3N5O3. The third-order valence-electron chi connectivity index (χ3n) is 6.14. The Labute approximate surface area is 229 Å². The van der Waals surface area contributed by atoms with Crippen molar-refractivity contribution < 1.29 is 9.84 Å². The molecule has 1 saturated heterocycles. The van der Waals surface area contributed by atoms with E-state index in [0.29, 0.717) is 38.4 Å².